The van der Waals surface area contributed by atoms with Crippen LogP contribution in [0.25, 0.3) is 11.1 Å². The van der Waals surface area contributed by atoms with Gasteiger partial charge < -0.3 is 14.8 Å². The lowest BCUT2D eigenvalue weighted by atomic mass is 9.96. The van der Waals surface area contributed by atoms with Gasteiger partial charge in [0.25, 0.3) is 5.91 Å². The van der Waals surface area contributed by atoms with E-state index in [0.717, 1.165) is 17.5 Å². The van der Waals surface area contributed by atoms with Crippen LogP contribution >= 0.6 is 0 Å². The van der Waals surface area contributed by atoms with Gasteiger partial charge in [0, 0.05) is 7.05 Å². The van der Waals surface area contributed by atoms with Crippen LogP contribution in [0.5, 0.6) is 0 Å². The molecule has 1 amide bonds. The molecule has 0 spiro atoms. The molecule has 0 saturated carbocycles. The number of rotatable bonds is 3. The third-order valence-electron chi connectivity index (χ3n) is 4.93. The zero-order valence-corrected chi connectivity index (χ0v) is 13.8. The molecule has 1 unspecified atom stereocenters. The van der Waals surface area contributed by atoms with Gasteiger partial charge in [0.1, 0.15) is 5.60 Å². The molecular weight excluding hydrogens is 320 g/mol. The minimum absolute atomic E-state index is 0.107. The van der Waals surface area contributed by atoms with E-state index in [0.29, 0.717) is 11.9 Å². The summed E-state index contributed by atoms with van der Waals surface area (Å²) in [5.41, 5.74) is 1.99. The maximum absolute atomic E-state index is 12.6. The highest BCUT2D eigenvalue weighted by molar-refractivity contribution is 6.04. The van der Waals surface area contributed by atoms with Crippen molar-refractivity contribution >= 4 is 17.0 Å². The van der Waals surface area contributed by atoms with Crippen LogP contribution in [0.2, 0.25) is 0 Å². The second kappa shape index (κ2) is 5.60. The molecule has 6 nitrogen and oxygen atoms in total. The van der Waals surface area contributed by atoms with Crippen molar-refractivity contribution in [2.24, 2.45) is 7.05 Å². The number of aliphatic hydroxyl groups is 1. The molecule has 128 valence electrons. The molecule has 0 fully saturated rings. The average molecular weight is 338 g/mol. The molecule has 1 atom stereocenters. The van der Waals surface area contributed by atoms with E-state index in [4.69, 9.17) is 4.42 Å². The van der Waals surface area contributed by atoms with E-state index in [1.807, 2.05) is 24.3 Å². The van der Waals surface area contributed by atoms with Crippen molar-refractivity contribution in [2.45, 2.75) is 18.4 Å². The van der Waals surface area contributed by atoms with Crippen molar-refractivity contribution < 1.29 is 14.3 Å². The van der Waals surface area contributed by atoms with Crippen LogP contribution in [0.4, 0.5) is 0 Å². The van der Waals surface area contributed by atoms with Crippen LogP contribution in [-0.4, -0.2) is 22.1 Å². The van der Waals surface area contributed by atoms with Gasteiger partial charge in [0.15, 0.2) is 5.58 Å². The molecule has 1 aromatic heterocycles. The fourth-order valence-electron chi connectivity index (χ4n) is 3.50. The highest BCUT2D eigenvalue weighted by Gasteiger charge is 2.36. The van der Waals surface area contributed by atoms with Crippen LogP contribution in [0.15, 0.2) is 51.7 Å². The Morgan fingerprint density at radius 2 is 2.08 bits per heavy atom. The summed E-state index contributed by atoms with van der Waals surface area (Å²) in [7, 11) is 1.59. The van der Waals surface area contributed by atoms with Crippen molar-refractivity contribution in [3.63, 3.8) is 0 Å². The van der Waals surface area contributed by atoms with Crippen molar-refractivity contribution in [2.75, 3.05) is 6.54 Å². The number of fused-ring (bicyclic) bond motifs is 2. The van der Waals surface area contributed by atoms with Crippen molar-refractivity contribution in [3.05, 3.63) is 69.7 Å². The standard InChI is InChI=1S/C19H18N2O4/c1-21-15-8-4-6-13(16(15)25-18(21)23)17(22)20-11-19(24)10-9-12-5-2-3-7-14(12)19/h2-8,24H,9-11H2,1H3,(H,20,22). The number of para-hydroxylation sites is 1. The number of hydrogen-bond donors (Lipinski definition) is 2. The highest BCUT2D eigenvalue weighted by Crippen LogP contribution is 2.36. The van der Waals surface area contributed by atoms with Gasteiger partial charge >= 0.3 is 5.76 Å². The second-order valence-corrected chi connectivity index (χ2v) is 6.45. The van der Waals surface area contributed by atoms with Crippen LogP contribution in [0, 0.1) is 0 Å². The summed E-state index contributed by atoms with van der Waals surface area (Å²) >= 11 is 0. The fraction of sp³-hybridized carbons (Fsp3) is 0.263. The number of benzene rings is 2. The Morgan fingerprint density at radius 1 is 1.28 bits per heavy atom. The van der Waals surface area contributed by atoms with Crippen LogP contribution in [0.1, 0.15) is 27.9 Å². The van der Waals surface area contributed by atoms with Crippen LogP contribution in [0.3, 0.4) is 0 Å². The number of carbonyl (C=O) groups is 1. The first-order valence-electron chi connectivity index (χ1n) is 8.17. The van der Waals surface area contributed by atoms with E-state index in [2.05, 4.69) is 5.32 Å². The van der Waals surface area contributed by atoms with Crippen molar-refractivity contribution in [3.8, 4) is 0 Å². The summed E-state index contributed by atoms with van der Waals surface area (Å²) in [5.74, 6) is -0.892. The molecule has 0 aliphatic heterocycles. The maximum Gasteiger partial charge on any atom is 0.419 e. The van der Waals surface area contributed by atoms with E-state index in [1.54, 1.807) is 25.2 Å². The van der Waals surface area contributed by atoms with Crippen LogP contribution in [-0.2, 0) is 19.1 Å². The van der Waals surface area contributed by atoms with E-state index < -0.39 is 11.4 Å². The van der Waals surface area contributed by atoms with E-state index in [1.165, 1.54) is 4.57 Å². The molecule has 25 heavy (non-hydrogen) atoms. The minimum atomic E-state index is -1.07. The maximum atomic E-state index is 12.6. The Morgan fingerprint density at radius 3 is 2.92 bits per heavy atom. The van der Waals surface area contributed by atoms with Gasteiger partial charge in [-0.25, -0.2) is 4.79 Å². The number of hydrogen-bond acceptors (Lipinski definition) is 4. The van der Waals surface area contributed by atoms with Gasteiger partial charge in [-0.3, -0.25) is 9.36 Å². The summed E-state index contributed by atoms with van der Waals surface area (Å²) < 4.78 is 6.54. The summed E-state index contributed by atoms with van der Waals surface area (Å²) in [5, 5.41) is 13.7. The highest BCUT2D eigenvalue weighted by atomic mass is 16.4. The Balaban J connectivity index is 1.60. The Labute approximate surface area is 143 Å². The van der Waals surface area contributed by atoms with Gasteiger partial charge in [-0.05, 0) is 36.1 Å². The molecular formula is C19H18N2O4. The molecule has 1 heterocycles. The smallest absolute Gasteiger partial charge is 0.407 e. The summed E-state index contributed by atoms with van der Waals surface area (Å²) in [6.45, 7) is 0.107. The number of nitrogens with zero attached hydrogens (tertiary/aromatic N) is 1. The first-order valence-corrected chi connectivity index (χ1v) is 8.17. The fourth-order valence-corrected chi connectivity index (χ4v) is 3.50. The summed E-state index contributed by atoms with van der Waals surface area (Å²) in [4.78, 5) is 24.3. The van der Waals surface area contributed by atoms with Gasteiger partial charge in [-0.1, -0.05) is 30.3 Å². The van der Waals surface area contributed by atoms with E-state index in [-0.39, 0.29) is 23.6 Å². The largest absolute Gasteiger partial charge is 0.419 e. The molecule has 6 heteroatoms. The average Bonchev–Trinajstić information content (AvgIpc) is 3.11. The quantitative estimate of drug-likeness (QED) is 0.761. The zero-order chi connectivity index (χ0) is 17.6. The second-order valence-electron chi connectivity index (χ2n) is 6.45. The minimum Gasteiger partial charge on any atom is -0.407 e. The number of aromatic nitrogens is 1. The zero-order valence-electron chi connectivity index (χ0n) is 13.8. The summed E-state index contributed by atoms with van der Waals surface area (Å²) in [6, 6.07) is 12.7. The Hall–Kier alpha value is -2.86. The van der Waals surface area contributed by atoms with Gasteiger partial charge in [-0.15, -0.1) is 0 Å². The predicted molar refractivity (Wildman–Crippen MR) is 92.4 cm³/mol. The molecule has 3 aromatic rings. The molecule has 2 N–H and O–H groups in total. The lowest BCUT2D eigenvalue weighted by molar-refractivity contribution is 0.0369. The predicted octanol–water partition coefficient (Wildman–Crippen LogP) is 1.70. The molecule has 2 aromatic carbocycles. The van der Waals surface area contributed by atoms with Gasteiger partial charge in [0.05, 0.1) is 17.6 Å². The van der Waals surface area contributed by atoms with Crippen molar-refractivity contribution in [1.29, 1.82) is 0 Å². The SMILES string of the molecule is Cn1c(=O)oc2c(C(=O)NCC3(O)CCc4ccccc43)cccc21. The first kappa shape index (κ1) is 15.7. The van der Waals surface area contributed by atoms with Gasteiger partial charge in [0.2, 0.25) is 0 Å². The van der Waals surface area contributed by atoms with Gasteiger partial charge in [-0.2, -0.15) is 0 Å². The number of amides is 1. The molecule has 1 aliphatic rings. The summed E-state index contributed by atoms with van der Waals surface area (Å²) in [6.07, 6.45) is 1.35. The Kier molecular flexibility index (Phi) is 3.51. The number of oxazole rings is 1. The number of carbonyl (C=O) groups excluding carboxylic acids is 1. The molecule has 0 bridgehead atoms. The van der Waals surface area contributed by atoms with Crippen molar-refractivity contribution in [1.82, 2.24) is 9.88 Å². The molecule has 1 aliphatic carbocycles. The molecule has 0 radical (unpaired) electrons. The third-order valence-corrected chi connectivity index (χ3v) is 4.93. The molecule has 0 saturated heterocycles. The monoisotopic (exact) mass is 338 g/mol. The molecule has 4 rings (SSSR count). The normalized spacial score (nSPS) is 19.1. The third kappa shape index (κ3) is 2.46. The number of nitrogens with one attached hydrogen (secondary N) is 1. The van der Waals surface area contributed by atoms with E-state index in [9.17, 15) is 14.7 Å². The first-order chi connectivity index (χ1) is 12.0. The van der Waals surface area contributed by atoms with Crippen LogP contribution < -0.4 is 11.1 Å². The lowest BCUT2D eigenvalue weighted by Crippen LogP contribution is -2.39. The number of aryl methyl sites for hydroxylation is 2. The topological polar surface area (TPSA) is 84.5 Å². The van der Waals surface area contributed by atoms with E-state index >= 15 is 0 Å². The lowest BCUT2D eigenvalue weighted by Gasteiger charge is -2.24. The Bertz CT molecular complexity index is 1030.